The minimum atomic E-state index is -0.981. The van der Waals surface area contributed by atoms with Crippen LogP contribution in [0.2, 0.25) is 5.02 Å². The molecule has 1 spiro atoms. The summed E-state index contributed by atoms with van der Waals surface area (Å²) in [5.74, 6) is -1.13. The molecule has 9 rings (SSSR count). The van der Waals surface area contributed by atoms with E-state index in [4.69, 9.17) is 31.8 Å². The molecule has 0 saturated carbocycles. The number of rotatable bonds is 5. The fourth-order valence-corrected chi connectivity index (χ4v) is 9.79. The van der Waals surface area contributed by atoms with Crippen molar-refractivity contribution in [3.63, 3.8) is 0 Å². The second-order valence-corrected chi connectivity index (χ2v) is 15.6. The SMILES string of the molecule is N#Cc1c(N)sc2c(F)ccc(-c3c(Cl)cc4c(N5CCOCC6(CCN6C(=O)n6cncn6)C5)nc(OC[C@@]56CCCN5C[C@H](F)C6)nc4c3F)c12. The van der Waals surface area contributed by atoms with E-state index in [2.05, 4.69) is 20.0 Å². The Labute approximate surface area is 309 Å². The molecule has 5 aromatic rings. The molecule has 1 amide bonds. The molecule has 274 valence electrons. The molecule has 4 aliphatic rings. The van der Waals surface area contributed by atoms with Gasteiger partial charge in [-0.15, -0.1) is 11.3 Å². The number of carbonyl (C=O) groups excluding carboxylic acids is 1. The van der Waals surface area contributed by atoms with Crippen LogP contribution in [0.15, 0.2) is 30.9 Å². The molecule has 4 fully saturated rings. The first-order chi connectivity index (χ1) is 25.6. The number of alkyl halides is 1. The largest absolute Gasteiger partial charge is 0.461 e. The Kier molecular flexibility index (Phi) is 8.14. The number of benzene rings is 2. The van der Waals surface area contributed by atoms with Gasteiger partial charge in [-0.05, 0) is 43.5 Å². The number of ether oxygens (including phenoxy) is 2. The van der Waals surface area contributed by atoms with Crippen molar-refractivity contribution in [1.82, 2.24) is 34.5 Å². The van der Waals surface area contributed by atoms with Gasteiger partial charge in [-0.1, -0.05) is 17.7 Å². The van der Waals surface area contributed by atoms with E-state index in [0.717, 1.165) is 30.7 Å². The van der Waals surface area contributed by atoms with Crippen LogP contribution in [0.1, 0.15) is 31.2 Å². The third-order valence-electron chi connectivity index (χ3n) is 11.2. The Morgan fingerprint density at radius 3 is 2.87 bits per heavy atom. The first-order valence-electron chi connectivity index (χ1n) is 17.2. The molecule has 3 aromatic heterocycles. The molecule has 13 nitrogen and oxygen atoms in total. The Hall–Kier alpha value is -4.76. The first-order valence-corrected chi connectivity index (χ1v) is 18.4. The normalized spacial score (nSPS) is 24.5. The monoisotopic (exact) mass is 764 g/mol. The van der Waals surface area contributed by atoms with Gasteiger partial charge >= 0.3 is 12.0 Å². The van der Waals surface area contributed by atoms with Gasteiger partial charge in [0, 0.05) is 48.9 Å². The molecule has 4 aliphatic heterocycles. The van der Waals surface area contributed by atoms with Crippen LogP contribution in [-0.4, -0.2) is 110 Å². The summed E-state index contributed by atoms with van der Waals surface area (Å²) in [4.78, 5) is 32.5. The van der Waals surface area contributed by atoms with Gasteiger partial charge in [0.15, 0.2) is 5.82 Å². The summed E-state index contributed by atoms with van der Waals surface area (Å²) in [7, 11) is 0. The molecule has 1 unspecified atom stereocenters. The van der Waals surface area contributed by atoms with Crippen LogP contribution in [0.25, 0.3) is 32.1 Å². The highest BCUT2D eigenvalue weighted by atomic mass is 35.5. The van der Waals surface area contributed by atoms with E-state index < -0.39 is 28.9 Å². The van der Waals surface area contributed by atoms with Gasteiger partial charge in [0.05, 0.1) is 39.6 Å². The highest BCUT2D eigenvalue weighted by molar-refractivity contribution is 7.23. The summed E-state index contributed by atoms with van der Waals surface area (Å²) in [6.45, 7) is 2.80. The fourth-order valence-electron chi connectivity index (χ4n) is 8.55. The summed E-state index contributed by atoms with van der Waals surface area (Å²) in [6, 6.07) is 5.65. The summed E-state index contributed by atoms with van der Waals surface area (Å²) in [6.07, 6.45) is 4.24. The lowest BCUT2D eigenvalue weighted by Crippen LogP contribution is -2.69. The lowest BCUT2D eigenvalue weighted by Gasteiger charge is -2.52. The van der Waals surface area contributed by atoms with E-state index in [1.165, 1.54) is 29.5 Å². The van der Waals surface area contributed by atoms with Gasteiger partial charge in [-0.2, -0.15) is 25.0 Å². The third kappa shape index (κ3) is 5.37. The van der Waals surface area contributed by atoms with E-state index in [1.54, 1.807) is 11.0 Å². The number of hydrogen-bond acceptors (Lipinski definition) is 12. The zero-order valence-corrected chi connectivity index (χ0v) is 29.8. The fraction of sp³-hybridized carbons (Fsp3) is 0.429. The van der Waals surface area contributed by atoms with E-state index >= 15 is 8.78 Å². The van der Waals surface area contributed by atoms with Crippen molar-refractivity contribution < 1.29 is 27.4 Å². The maximum Gasteiger partial charge on any atom is 0.346 e. The van der Waals surface area contributed by atoms with Crippen molar-refractivity contribution in [1.29, 1.82) is 5.26 Å². The first kappa shape index (κ1) is 34.0. The van der Waals surface area contributed by atoms with Crippen LogP contribution in [0.4, 0.5) is 28.8 Å². The number of fused-ring (bicyclic) bond motifs is 3. The van der Waals surface area contributed by atoms with Crippen LogP contribution in [-0.2, 0) is 4.74 Å². The van der Waals surface area contributed by atoms with Gasteiger partial charge in [0.2, 0.25) is 0 Å². The van der Waals surface area contributed by atoms with Crippen LogP contribution < -0.4 is 15.4 Å². The molecule has 4 saturated heterocycles. The topological polar surface area (TPSA) is 152 Å². The number of halogens is 4. The number of likely N-dealkylation sites (tertiary alicyclic amines) is 1. The average Bonchev–Trinajstić information content (AvgIpc) is 3.89. The van der Waals surface area contributed by atoms with Crippen molar-refractivity contribution in [3.05, 3.63) is 53.1 Å². The van der Waals surface area contributed by atoms with E-state index in [1.807, 2.05) is 11.0 Å². The quantitative estimate of drug-likeness (QED) is 0.245. The third-order valence-corrected chi connectivity index (χ3v) is 12.5. The van der Waals surface area contributed by atoms with Crippen LogP contribution in [0.5, 0.6) is 6.01 Å². The van der Waals surface area contributed by atoms with Crippen molar-refractivity contribution in [2.24, 2.45) is 0 Å². The highest BCUT2D eigenvalue weighted by Crippen LogP contribution is 2.47. The number of nitrogens with two attached hydrogens (primary N) is 1. The van der Waals surface area contributed by atoms with Crippen LogP contribution in [0.3, 0.4) is 0 Å². The molecule has 0 radical (unpaired) electrons. The number of nitriles is 1. The summed E-state index contributed by atoms with van der Waals surface area (Å²) in [5.41, 5.74) is 4.80. The number of thiophene rings is 1. The number of amides is 1. The van der Waals surface area contributed by atoms with E-state index in [-0.39, 0.29) is 86.1 Å². The lowest BCUT2D eigenvalue weighted by molar-refractivity contribution is -0.0299. The number of aromatic nitrogens is 5. The lowest BCUT2D eigenvalue weighted by atomic mass is 9.85. The second-order valence-electron chi connectivity index (χ2n) is 14.1. The molecule has 3 atom stereocenters. The summed E-state index contributed by atoms with van der Waals surface area (Å²) in [5, 5.41) is 14.4. The molecule has 7 heterocycles. The van der Waals surface area contributed by atoms with Crippen molar-refractivity contribution >= 4 is 60.8 Å². The standard InChI is InChI=1S/C35H32ClF3N10O3S/c36-23-10-21-28(27(39)26(23)20-2-3-24(38)29-25(20)22(12-40)30(41)53-29)44-32(52-16-34-4-1-6-47(34)13-19(37)11-34)45-31(21)46-8-9-51-15-35(14-46)5-7-48(35)33(50)49-18-42-17-43-49/h2-3,10,17-19H,1,4-9,11,13-16,41H2/t19-,34+,35?/m1/s1. The Balaban J connectivity index is 1.18. The molecule has 0 aliphatic carbocycles. The Morgan fingerprint density at radius 2 is 2.09 bits per heavy atom. The predicted octanol–water partition coefficient (Wildman–Crippen LogP) is 5.39. The average molecular weight is 765 g/mol. The van der Waals surface area contributed by atoms with E-state index in [9.17, 15) is 14.4 Å². The molecular formula is C35H32ClF3N10O3S. The number of nitrogen functional groups attached to an aromatic ring is 1. The molecule has 53 heavy (non-hydrogen) atoms. The second kappa shape index (κ2) is 12.7. The van der Waals surface area contributed by atoms with Crippen molar-refractivity contribution in [2.75, 3.05) is 63.2 Å². The van der Waals surface area contributed by atoms with Gasteiger partial charge < -0.3 is 25.0 Å². The summed E-state index contributed by atoms with van der Waals surface area (Å²) < 4.78 is 60.5. The predicted molar refractivity (Wildman–Crippen MR) is 191 cm³/mol. The van der Waals surface area contributed by atoms with Gasteiger partial charge in [0.25, 0.3) is 0 Å². The number of hydrogen-bond donors (Lipinski definition) is 1. The van der Waals surface area contributed by atoms with Gasteiger partial charge in [-0.25, -0.2) is 22.9 Å². The molecule has 18 heteroatoms. The zero-order chi connectivity index (χ0) is 36.6. The van der Waals surface area contributed by atoms with Crippen molar-refractivity contribution in [2.45, 2.75) is 42.9 Å². The molecule has 0 bridgehead atoms. The maximum absolute atomic E-state index is 17.3. The molecular weight excluding hydrogens is 733 g/mol. The van der Waals surface area contributed by atoms with Gasteiger partial charge in [-0.3, -0.25) is 4.90 Å². The zero-order valence-electron chi connectivity index (χ0n) is 28.2. The minimum absolute atomic E-state index is 0.0194. The minimum Gasteiger partial charge on any atom is -0.461 e. The smallest absolute Gasteiger partial charge is 0.346 e. The Bertz CT molecular complexity index is 2340. The van der Waals surface area contributed by atoms with Crippen LogP contribution >= 0.6 is 22.9 Å². The summed E-state index contributed by atoms with van der Waals surface area (Å²) >= 11 is 7.82. The van der Waals surface area contributed by atoms with E-state index in [0.29, 0.717) is 38.3 Å². The Morgan fingerprint density at radius 1 is 1.23 bits per heavy atom. The molecule has 2 aromatic carbocycles. The van der Waals surface area contributed by atoms with Gasteiger partial charge in [0.1, 0.15) is 53.7 Å². The number of nitrogens with zero attached hydrogens (tertiary/aromatic N) is 9. The van der Waals surface area contributed by atoms with Crippen molar-refractivity contribution in [3.8, 4) is 23.2 Å². The number of carbonyl (C=O) groups is 1. The molecule has 2 N–H and O–H groups in total. The number of anilines is 2. The maximum atomic E-state index is 17.3. The van der Waals surface area contributed by atoms with Crippen LogP contribution in [0, 0.1) is 23.0 Å². The highest BCUT2D eigenvalue weighted by Gasteiger charge is 2.51.